The molecule has 2 aromatic heterocycles. The Morgan fingerprint density at radius 1 is 1.41 bits per heavy atom. The summed E-state index contributed by atoms with van der Waals surface area (Å²) in [5, 5.41) is 9.29. The summed E-state index contributed by atoms with van der Waals surface area (Å²) < 4.78 is 2.04. The largest absolute Gasteiger partial charge is 0.395 e. The van der Waals surface area contributed by atoms with Gasteiger partial charge in [0.2, 0.25) is 0 Å². The van der Waals surface area contributed by atoms with Crippen molar-refractivity contribution in [1.29, 1.82) is 0 Å². The van der Waals surface area contributed by atoms with E-state index in [0.29, 0.717) is 6.04 Å². The first-order valence-corrected chi connectivity index (χ1v) is 6.14. The number of aliphatic hydroxyl groups excluding tert-OH is 1. The van der Waals surface area contributed by atoms with Crippen LogP contribution in [0.2, 0.25) is 0 Å². The fourth-order valence-electron chi connectivity index (χ4n) is 2.58. The molecule has 1 N–H and O–H groups in total. The topological polar surface area (TPSA) is 40.8 Å². The Morgan fingerprint density at radius 2 is 2.35 bits per heavy atom. The van der Waals surface area contributed by atoms with Crippen molar-refractivity contribution in [2.24, 2.45) is 0 Å². The Labute approximate surface area is 101 Å². The fourth-order valence-corrected chi connectivity index (χ4v) is 2.58. The molecule has 17 heavy (non-hydrogen) atoms. The number of pyridine rings is 1. The summed E-state index contributed by atoms with van der Waals surface area (Å²) in [7, 11) is 0. The number of fused-ring (bicyclic) bond motifs is 1. The van der Waals surface area contributed by atoms with Gasteiger partial charge >= 0.3 is 0 Å². The van der Waals surface area contributed by atoms with Crippen molar-refractivity contribution in [2.45, 2.75) is 25.4 Å². The Morgan fingerprint density at radius 3 is 3.18 bits per heavy atom. The van der Waals surface area contributed by atoms with Crippen molar-refractivity contribution in [3.05, 3.63) is 36.3 Å². The molecule has 3 rings (SSSR count). The summed E-state index contributed by atoms with van der Waals surface area (Å²) in [5.74, 6) is 0. The summed E-state index contributed by atoms with van der Waals surface area (Å²) >= 11 is 0. The summed E-state index contributed by atoms with van der Waals surface area (Å²) in [4.78, 5) is 6.91. The van der Waals surface area contributed by atoms with Crippen LogP contribution in [0, 0.1) is 0 Å². The second-order valence-corrected chi connectivity index (χ2v) is 4.65. The Bertz CT molecular complexity index is 475. The molecule has 1 fully saturated rings. The quantitative estimate of drug-likeness (QED) is 0.865. The molecule has 3 heterocycles. The lowest BCUT2D eigenvalue weighted by Crippen LogP contribution is -2.31. The summed E-state index contributed by atoms with van der Waals surface area (Å²) in [6.45, 7) is 2.17. The van der Waals surface area contributed by atoms with E-state index in [1.54, 1.807) is 0 Å². The molecule has 0 radical (unpaired) electrons. The van der Waals surface area contributed by atoms with Gasteiger partial charge in [-0.3, -0.25) is 4.90 Å². The highest BCUT2D eigenvalue weighted by Crippen LogP contribution is 2.19. The third kappa shape index (κ3) is 2.06. The second kappa shape index (κ2) is 4.47. The number of imidazole rings is 1. The van der Waals surface area contributed by atoms with Crippen LogP contribution < -0.4 is 0 Å². The maximum atomic E-state index is 9.29. The Hall–Kier alpha value is -1.39. The van der Waals surface area contributed by atoms with Gasteiger partial charge in [-0.05, 0) is 31.5 Å². The second-order valence-electron chi connectivity index (χ2n) is 4.65. The molecule has 0 amide bonds. The Balaban J connectivity index is 1.80. The number of nitrogens with zero attached hydrogens (tertiary/aromatic N) is 3. The third-order valence-electron chi connectivity index (χ3n) is 3.49. The van der Waals surface area contributed by atoms with Gasteiger partial charge in [0, 0.05) is 25.0 Å². The van der Waals surface area contributed by atoms with Gasteiger partial charge in [-0.2, -0.15) is 0 Å². The smallest absolute Gasteiger partial charge is 0.137 e. The summed E-state index contributed by atoms with van der Waals surface area (Å²) in [6.07, 6.45) is 6.36. The minimum absolute atomic E-state index is 0.257. The lowest BCUT2D eigenvalue weighted by molar-refractivity contribution is 0.152. The standard InChI is InChI=1S/C13H17N3O/c17-10-12-4-3-7-15(12)8-11-9-16-6-2-1-5-13(16)14-11/h1-2,5-6,9,12,17H,3-4,7-8,10H2/t12-/m0/s1. The van der Waals surface area contributed by atoms with Gasteiger partial charge in [0.15, 0.2) is 0 Å². The molecular weight excluding hydrogens is 214 g/mol. The number of rotatable bonds is 3. The van der Waals surface area contributed by atoms with Crippen molar-refractivity contribution in [1.82, 2.24) is 14.3 Å². The molecule has 0 unspecified atom stereocenters. The summed E-state index contributed by atoms with van der Waals surface area (Å²) in [5.41, 5.74) is 2.07. The van der Waals surface area contributed by atoms with E-state index in [2.05, 4.69) is 16.1 Å². The first-order chi connectivity index (χ1) is 8.36. The minimum atomic E-state index is 0.257. The SMILES string of the molecule is OC[C@@H]1CCCN1Cc1cn2ccccc2n1. The molecule has 4 heteroatoms. The molecule has 4 nitrogen and oxygen atoms in total. The van der Waals surface area contributed by atoms with E-state index in [-0.39, 0.29) is 6.61 Å². The van der Waals surface area contributed by atoms with E-state index < -0.39 is 0 Å². The van der Waals surface area contributed by atoms with Crippen LogP contribution in [0.3, 0.4) is 0 Å². The van der Waals surface area contributed by atoms with Gasteiger partial charge in [-0.1, -0.05) is 6.07 Å². The highest BCUT2D eigenvalue weighted by molar-refractivity contribution is 5.39. The lowest BCUT2D eigenvalue weighted by Gasteiger charge is -2.21. The zero-order chi connectivity index (χ0) is 11.7. The number of hydrogen-bond acceptors (Lipinski definition) is 3. The maximum absolute atomic E-state index is 9.29. The molecule has 0 spiro atoms. The van der Waals surface area contributed by atoms with E-state index in [4.69, 9.17) is 0 Å². The first-order valence-electron chi connectivity index (χ1n) is 6.14. The predicted molar refractivity (Wildman–Crippen MR) is 65.7 cm³/mol. The van der Waals surface area contributed by atoms with E-state index in [9.17, 15) is 5.11 Å². The highest BCUT2D eigenvalue weighted by atomic mass is 16.3. The van der Waals surface area contributed by atoms with Crippen molar-refractivity contribution in [2.75, 3.05) is 13.2 Å². The molecule has 0 saturated carbocycles. The molecule has 1 aliphatic rings. The van der Waals surface area contributed by atoms with Crippen molar-refractivity contribution in [3.63, 3.8) is 0 Å². The van der Waals surface area contributed by atoms with Crippen molar-refractivity contribution in [3.8, 4) is 0 Å². The van der Waals surface area contributed by atoms with Gasteiger partial charge in [-0.15, -0.1) is 0 Å². The molecular formula is C13H17N3O. The van der Waals surface area contributed by atoms with Crippen molar-refractivity contribution >= 4 is 5.65 Å². The van der Waals surface area contributed by atoms with E-state index in [1.165, 1.54) is 6.42 Å². The first kappa shape index (κ1) is 10.7. The van der Waals surface area contributed by atoms with Crippen LogP contribution in [-0.4, -0.2) is 38.6 Å². The third-order valence-corrected chi connectivity index (χ3v) is 3.49. The predicted octanol–water partition coefficient (Wildman–Crippen LogP) is 1.29. The molecule has 0 aromatic carbocycles. The zero-order valence-corrected chi connectivity index (χ0v) is 9.79. The summed E-state index contributed by atoms with van der Waals surface area (Å²) in [6, 6.07) is 6.33. The molecule has 1 saturated heterocycles. The molecule has 0 aliphatic carbocycles. The van der Waals surface area contributed by atoms with Gasteiger partial charge in [-0.25, -0.2) is 4.98 Å². The van der Waals surface area contributed by atoms with Crippen LogP contribution in [0.5, 0.6) is 0 Å². The number of likely N-dealkylation sites (tertiary alicyclic amines) is 1. The monoisotopic (exact) mass is 231 g/mol. The van der Waals surface area contributed by atoms with Crippen LogP contribution in [0.25, 0.3) is 5.65 Å². The molecule has 1 aliphatic heterocycles. The highest BCUT2D eigenvalue weighted by Gasteiger charge is 2.24. The average Bonchev–Trinajstić information content (AvgIpc) is 2.94. The maximum Gasteiger partial charge on any atom is 0.137 e. The lowest BCUT2D eigenvalue weighted by atomic mass is 10.2. The number of aliphatic hydroxyl groups is 1. The van der Waals surface area contributed by atoms with Crippen LogP contribution in [0.1, 0.15) is 18.5 Å². The number of hydrogen-bond donors (Lipinski definition) is 1. The molecule has 1 atom stereocenters. The zero-order valence-electron chi connectivity index (χ0n) is 9.79. The average molecular weight is 231 g/mol. The van der Waals surface area contributed by atoms with Crippen molar-refractivity contribution < 1.29 is 5.11 Å². The fraction of sp³-hybridized carbons (Fsp3) is 0.462. The molecule has 0 bridgehead atoms. The van der Waals surface area contributed by atoms with Crippen LogP contribution in [0.15, 0.2) is 30.6 Å². The van der Waals surface area contributed by atoms with Crippen LogP contribution in [0.4, 0.5) is 0 Å². The van der Waals surface area contributed by atoms with E-state index in [1.807, 2.05) is 28.8 Å². The van der Waals surface area contributed by atoms with Crippen LogP contribution in [-0.2, 0) is 6.54 Å². The normalized spacial score (nSPS) is 21.4. The minimum Gasteiger partial charge on any atom is -0.395 e. The number of aromatic nitrogens is 2. The van der Waals surface area contributed by atoms with E-state index >= 15 is 0 Å². The van der Waals surface area contributed by atoms with Gasteiger partial charge in [0.1, 0.15) is 5.65 Å². The van der Waals surface area contributed by atoms with E-state index in [0.717, 1.165) is 30.9 Å². The molecule has 90 valence electrons. The van der Waals surface area contributed by atoms with Gasteiger partial charge in [0.05, 0.1) is 12.3 Å². The molecule has 2 aromatic rings. The Kier molecular flexibility index (Phi) is 2.82. The van der Waals surface area contributed by atoms with Gasteiger partial charge in [0.25, 0.3) is 0 Å². The van der Waals surface area contributed by atoms with Gasteiger partial charge < -0.3 is 9.51 Å². The van der Waals surface area contributed by atoms with Crippen LogP contribution >= 0.6 is 0 Å².